The van der Waals surface area contributed by atoms with Crippen molar-refractivity contribution in [1.29, 1.82) is 0 Å². The van der Waals surface area contributed by atoms with Gasteiger partial charge < -0.3 is 9.64 Å². The summed E-state index contributed by atoms with van der Waals surface area (Å²) < 4.78 is 21.3. The summed E-state index contributed by atoms with van der Waals surface area (Å²) in [5.74, 6) is 1.59. The molecule has 2 nitrogen and oxygen atoms in total. The first kappa shape index (κ1) is 10.7. The van der Waals surface area contributed by atoms with Gasteiger partial charge in [0.15, 0.2) is 0 Å². The molecule has 108 valence electrons. The molecule has 2 fully saturated rings. The highest BCUT2D eigenvalue weighted by Crippen LogP contribution is 2.55. The van der Waals surface area contributed by atoms with Crippen molar-refractivity contribution in [3.63, 3.8) is 0 Å². The van der Waals surface area contributed by atoms with Crippen LogP contribution in [0.15, 0.2) is 18.2 Å². The van der Waals surface area contributed by atoms with Gasteiger partial charge in [0.05, 0.1) is 7.11 Å². The number of likely N-dealkylation sites (N-methyl/N-ethyl adjacent to an activating group) is 1. The molecule has 0 radical (unpaired) electrons. The van der Waals surface area contributed by atoms with Crippen LogP contribution in [-0.2, 0) is 11.8 Å². The molecule has 0 N–H and O–H groups in total. The fourth-order valence-electron chi connectivity index (χ4n) is 5.14. The highest BCUT2D eigenvalue weighted by Gasteiger charge is 2.53. The molecule has 3 aliphatic rings. The van der Waals surface area contributed by atoms with Crippen molar-refractivity contribution in [3.05, 3.63) is 29.3 Å². The van der Waals surface area contributed by atoms with Crippen molar-refractivity contribution in [2.45, 2.75) is 50.0 Å². The molecule has 2 aliphatic carbocycles. The molecule has 0 spiro atoms. The van der Waals surface area contributed by atoms with Crippen LogP contribution in [0.1, 0.15) is 46.0 Å². The third-order valence-corrected chi connectivity index (χ3v) is 6.09. The molecule has 1 saturated carbocycles. The van der Waals surface area contributed by atoms with Crippen molar-refractivity contribution in [3.8, 4) is 5.75 Å². The highest BCUT2D eigenvalue weighted by molar-refractivity contribution is 5.45. The number of hydrogen-bond donors (Lipinski definition) is 0. The zero-order valence-electron chi connectivity index (χ0n) is 14.3. The molecular formula is C18H25NO. The summed E-state index contributed by atoms with van der Waals surface area (Å²) in [7, 11) is 1.75. The van der Waals surface area contributed by atoms with E-state index in [4.69, 9.17) is 7.48 Å². The lowest BCUT2D eigenvalue weighted by Gasteiger charge is -2.58. The monoisotopic (exact) mass is 273 g/mol. The summed E-state index contributed by atoms with van der Waals surface area (Å²) in [6.07, 6.45) is 7.23. The molecule has 3 atom stereocenters. The fourth-order valence-corrected chi connectivity index (χ4v) is 5.14. The summed E-state index contributed by atoms with van der Waals surface area (Å²) in [5, 5.41) is 0. The molecule has 1 saturated heterocycles. The van der Waals surface area contributed by atoms with Crippen LogP contribution in [0, 0.1) is 5.92 Å². The van der Waals surface area contributed by atoms with E-state index >= 15 is 0 Å². The molecular weight excluding hydrogens is 246 g/mol. The molecule has 2 heteroatoms. The first-order chi connectivity index (χ1) is 10.7. The Bertz CT molecular complexity index is 576. The lowest BCUT2D eigenvalue weighted by molar-refractivity contribution is 0.00274. The van der Waals surface area contributed by atoms with Gasteiger partial charge in [-0.15, -0.1) is 0 Å². The maximum atomic E-state index is 7.92. The molecule has 20 heavy (non-hydrogen) atoms. The molecule has 1 aliphatic heterocycles. The average molecular weight is 273 g/mol. The first-order valence-corrected chi connectivity index (χ1v) is 7.93. The Labute approximate surface area is 124 Å². The van der Waals surface area contributed by atoms with Crippen molar-refractivity contribution in [1.82, 2.24) is 4.90 Å². The van der Waals surface area contributed by atoms with Gasteiger partial charge >= 0.3 is 0 Å². The molecule has 4 rings (SSSR count). The lowest BCUT2D eigenvalue weighted by atomic mass is 9.52. The Morgan fingerprint density at radius 2 is 2.30 bits per heavy atom. The van der Waals surface area contributed by atoms with E-state index in [1.807, 2.05) is 0 Å². The van der Waals surface area contributed by atoms with E-state index in [9.17, 15) is 0 Å². The van der Waals surface area contributed by atoms with E-state index in [1.54, 1.807) is 7.11 Å². The molecule has 0 amide bonds. The smallest absolute Gasteiger partial charge is 0.119 e. The van der Waals surface area contributed by atoms with Crippen molar-refractivity contribution in [2.24, 2.45) is 5.92 Å². The number of nitrogens with zero attached hydrogens (tertiary/aromatic N) is 1. The second-order valence-electron chi connectivity index (χ2n) is 6.79. The van der Waals surface area contributed by atoms with Gasteiger partial charge in [-0.3, -0.25) is 0 Å². The van der Waals surface area contributed by atoms with Crippen LogP contribution in [-0.4, -0.2) is 31.6 Å². The largest absolute Gasteiger partial charge is 0.497 e. The third kappa shape index (κ3) is 1.60. The first-order valence-electron chi connectivity index (χ1n) is 9.09. The molecule has 1 aromatic carbocycles. The van der Waals surface area contributed by atoms with Gasteiger partial charge in [0, 0.05) is 14.2 Å². The Kier molecular flexibility index (Phi) is 2.40. The maximum absolute atomic E-state index is 7.92. The SMILES string of the molecule is [2H]C([2H])N1CC[C@]23CCCC[C@H]2[C@H]1Cc1ccc(OC)cc13. The minimum atomic E-state index is -0.829. The number of piperidine rings is 1. The average Bonchev–Trinajstić information content (AvgIpc) is 2.54. The third-order valence-electron chi connectivity index (χ3n) is 6.09. The van der Waals surface area contributed by atoms with Crippen molar-refractivity contribution >= 4 is 0 Å². The lowest BCUT2D eigenvalue weighted by Crippen LogP contribution is -2.59. The maximum Gasteiger partial charge on any atom is 0.119 e. The number of methoxy groups -OCH3 is 1. The second-order valence-corrected chi connectivity index (χ2v) is 6.79. The van der Waals surface area contributed by atoms with E-state index in [0.717, 1.165) is 25.1 Å². The van der Waals surface area contributed by atoms with E-state index in [1.165, 1.54) is 36.8 Å². The van der Waals surface area contributed by atoms with Crippen LogP contribution in [0.2, 0.25) is 0 Å². The summed E-state index contributed by atoms with van der Waals surface area (Å²) in [4.78, 5) is 2.13. The number of rotatable bonds is 1. The van der Waals surface area contributed by atoms with Crippen LogP contribution in [0.5, 0.6) is 5.75 Å². The quantitative estimate of drug-likeness (QED) is 0.778. The van der Waals surface area contributed by atoms with E-state index in [2.05, 4.69) is 23.1 Å². The van der Waals surface area contributed by atoms with Crippen LogP contribution in [0.25, 0.3) is 0 Å². The van der Waals surface area contributed by atoms with Crippen LogP contribution >= 0.6 is 0 Å². The Balaban J connectivity index is 1.84. The number of benzene rings is 1. The summed E-state index contributed by atoms with van der Waals surface area (Å²) >= 11 is 0. The van der Waals surface area contributed by atoms with Crippen molar-refractivity contribution < 1.29 is 7.48 Å². The molecule has 0 unspecified atom stereocenters. The van der Waals surface area contributed by atoms with Crippen LogP contribution in [0.4, 0.5) is 0 Å². The standard InChI is InChI=1S/C18H25NO/c1-19-10-9-18-8-4-3-5-15(18)17(19)11-13-6-7-14(20-2)12-16(13)18/h6-7,12,15,17H,3-5,8-11H2,1-2H3/t15-,17+,18+/m0/s1/i1D2. The normalized spacial score (nSPS) is 37.7. The van der Waals surface area contributed by atoms with E-state index < -0.39 is 7.00 Å². The second kappa shape index (κ2) is 4.49. The van der Waals surface area contributed by atoms with Gasteiger partial charge in [0.1, 0.15) is 5.75 Å². The molecule has 1 heterocycles. The van der Waals surface area contributed by atoms with Crippen LogP contribution < -0.4 is 4.74 Å². The van der Waals surface area contributed by atoms with Gasteiger partial charge in [-0.2, -0.15) is 0 Å². The minimum Gasteiger partial charge on any atom is -0.497 e. The topological polar surface area (TPSA) is 12.5 Å². The van der Waals surface area contributed by atoms with E-state index in [-0.39, 0.29) is 5.41 Å². The number of hydrogen-bond acceptors (Lipinski definition) is 2. The molecule has 2 bridgehead atoms. The predicted octanol–water partition coefficient (Wildman–Crippen LogP) is 3.38. The van der Waals surface area contributed by atoms with Crippen molar-refractivity contribution in [2.75, 3.05) is 20.7 Å². The number of likely N-dealkylation sites (tertiary alicyclic amines) is 1. The Morgan fingerprint density at radius 1 is 1.35 bits per heavy atom. The van der Waals surface area contributed by atoms with E-state index in [0.29, 0.717) is 12.0 Å². The zero-order chi connectivity index (χ0) is 15.3. The van der Waals surface area contributed by atoms with Crippen LogP contribution in [0.3, 0.4) is 0 Å². The van der Waals surface area contributed by atoms with Gasteiger partial charge in [-0.25, -0.2) is 0 Å². The molecule has 0 aromatic heterocycles. The summed E-state index contributed by atoms with van der Waals surface area (Å²) in [5.41, 5.74) is 3.21. The van der Waals surface area contributed by atoms with Gasteiger partial charge in [0.25, 0.3) is 0 Å². The minimum absolute atomic E-state index is 0.274. The zero-order valence-corrected chi connectivity index (χ0v) is 12.3. The summed E-state index contributed by atoms with van der Waals surface area (Å²) in [6, 6.07) is 6.95. The molecule has 1 aromatic rings. The predicted molar refractivity (Wildman–Crippen MR) is 81.4 cm³/mol. The van der Waals surface area contributed by atoms with Gasteiger partial charge in [-0.1, -0.05) is 18.9 Å². The Morgan fingerprint density at radius 3 is 3.15 bits per heavy atom. The fraction of sp³-hybridized carbons (Fsp3) is 0.667. The Hall–Kier alpha value is -1.02. The summed E-state index contributed by atoms with van der Waals surface area (Å²) in [6.45, 7) is 0.0693. The number of fused-ring (bicyclic) bond motifs is 1. The van der Waals surface area contributed by atoms with Gasteiger partial charge in [-0.05, 0) is 68.4 Å². The highest BCUT2D eigenvalue weighted by atomic mass is 16.5. The number of ether oxygens (including phenoxy) is 1. The van der Waals surface area contributed by atoms with Gasteiger partial charge in [0.2, 0.25) is 0 Å².